The Bertz CT molecular complexity index is 500. The molecule has 1 amide bonds. The van der Waals surface area contributed by atoms with Crippen LogP contribution in [0.15, 0.2) is 24.8 Å². The first-order valence-corrected chi connectivity index (χ1v) is 7.46. The lowest BCUT2D eigenvalue weighted by molar-refractivity contribution is 0.0997. The van der Waals surface area contributed by atoms with Gasteiger partial charge in [-0.25, -0.2) is 0 Å². The van der Waals surface area contributed by atoms with E-state index in [4.69, 9.17) is 19.9 Å². The molecule has 0 aliphatic carbocycles. The van der Waals surface area contributed by atoms with E-state index in [1.54, 1.807) is 18.2 Å². The van der Waals surface area contributed by atoms with Crippen LogP contribution in [0.25, 0.3) is 0 Å². The van der Waals surface area contributed by atoms with Crippen molar-refractivity contribution in [2.24, 2.45) is 5.73 Å². The summed E-state index contributed by atoms with van der Waals surface area (Å²) in [5, 5.41) is 0. The van der Waals surface area contributed by atoms with Crippen molar-refractivity contribution in [3.8, 4) is 11.5 Å². The topological polar surface area (TPSA) is 70.8 Å². The number of allylic oxidation sites excluding steroid dienone is 1. The normalized spacial score (nSPS) is 10.3. The molecule has 0 saturated carbocycles. The van der Waals surface area contributed by atoms with Crippen molar-refractivity contribution in [2.45, 2.75) is 26.2 Å². The van der Waals surface area contributed by atoms with E-state index in [0.717, 1.165) is 25.0 Å². The fourth-order valence-corrected chi connectivity index (χ4v) is 2.10. The van der Waals surface area contributed by atoms with Crippen molar-refractivity contribution in [3.05, 3.63) is 35.9 Å². The molecule has 0 saturated heterocycles. The predicted molar refractivity (Wildman–Crippen MR) is 86.6 cm³/mol. The highest BCUT2D eigenvalue weighted by Crippen LogP contribution is 2.33. The van der Waals surface area contributed by atoms with Gasteiger partial charge in [-0.05, 0) is 25.0 Å². The van der Waals surface area contributed by atoms with Crippen molar-refractivity contribution in [1.29, 1.82) is 0 Å². The van der Waals surface area contributed by atoms with Gasteiger partial charge in [-0.2, -0.15) is 0 Å². The van der Waals surface area contributed by atoms with Crippen molar-refractivity contribution in [2.75, 3.05) is 26.9 Å². The SMILES string of the molecule is C=CCc1c(OCCCOCCC)ccc(C(N)=O)c1OC. The quantitative estimate of drug-likeness (QED) is 0.504. The van der Waals surface area contributed by atoms with Crippen LogP contribution in [0.4, 0.5) is 0 Å². The first-order valence-electron chi connectivity index (χ1n) is 7.46. The molecule has 1 aromatic carbocycles. The third kappa shape index (κ3) is 5.07. The number of rotatable bonds is 11. The molecule has 5 heteroatoms. The van der Waals surface area contributed by atoms with E-state index < -0.39 is 5.91 Å². The summed E-state index contributed by atoms with van der Waals surface area (Å²) < 4.78 is 16.5. The van der Waals surface area contributed by atoms with Crippen molar-refractivity contribution in [3.63, 3.8) is 0 Å². The van der Waals surface area contributed by atoms with Crippen LogP contribution in [-0.4, -0.2) is 32.8 Å². The van der Waals surface area contributed by atoms with Gasteiger partial charge in [0.25, 0.3) is 5.91 Å². The van der Waals surface area contributed by atoms with Crippen LogP contribution in [0.3, 0.4) is 0 Å². The number of nitrogens with two attached hydrogens (primary N) is 1. The van der Waals surface area contributed by atoms with Gasteiger partial charge >= 0.3 is 0 Å². The summed E-state index contributed by atoms with van der Waals surface area (Å²) >= 11 is 0. The number of carbonyl (C=O) groups excluding carboxylic acids is 1. The van der Waals surface area contributed by atoms with Gasteiger partial charge in [0.1, 0.15) is 11.5 Å². The zero-order valence-corrected chi connectivity index (χ0v) is 13.4. The summed E-state index contributed by atoms with van der Waals surface area (Å²) in [6.07, 6.45) is 4.08. The van der Waals surface area contributed by atoms with E-state index >= 15 is 0 Å². The van der Waals surface area contributed by atoms with E-state index in [9.17, 15) is 4.79 Å². The van der Waals surface area contributed by atoms with Crippen LogP contribution in [0, 0.1) is 0 Å². The molecule has 0 bridgehead atoms. The standard InChI is InChI=1S/C17H25NO4/c1-4-7-13-15(22-12-6-11-21-10-5-2)9-8-14(17(18)19)16(13)20-3/h4,8-9H,1,5-7,10-12H2,2-3H3,(H2,18,19). The monoisotopic (exact) mass is 307 g/mol. The summed E-state index contributed by atoms with van der Waals surface area (Å²) in [4.78, 5) is 11.5. The largest absolute Gasteiger partial charge is 0.495 e. The third-order valence-electron chi connectivity index (χ3n) is 3.07. The second-order valence-electron chi connectivity index (χ2n) is 4.79. The molecule has 0 aliphatic heterocycles. The number of carbonyl (C=O) groups is 1. The number of primary amides is 1. The van der Waals surface area contributed by atoms with Gasteiger partial charge in [0.2, 0.25) is 0 Å². The van der Waals surface area contributed by atoms with Gasteiger partial charge < -0.3 is 19.9 Å². The van der Waals surface area contributed by atoms with Crippen LogP contribution in [0.2, 0.25) is 0 Å². The van der Waals surface area contributed by atoms with Gasteiger partial charge in [-0.1, -0.05) is 13.0 Å². The molecule has 0 unspecified atom stereocenters. The van der Waals surface area contributed by atoms with E-state index in [1.165, 1.54) is 7.11 Å². The van der Waals surface area contributed by atoms with E-state index in [0.29, 0.717) is 36.7 Å². The minimum Gasteiger partial charge on any atom is -0.495 e. The van der Waals surface area contributed by atoms with E-state index in [2.05, 4.69) is 13.5 Å². The second-order valence-corrected chi connectivity index (χ2v) is 4.79. The smallest absolute Gasteiger partial charge is 0.252 e. The number of amides is 1. The molecule has 0 spiro atoms. The van der Waals surface area contributed by atoms with Crippen LogP contribution in [-0.2, 0) is 11.2 Å². The molecule has 2 N–H and O–H groups in total. The molecule has 0 aliphatic rings. The lowest BCUT2D eigenvalue weighted by Crippen LogP contribution is -2.14. The summed E-state index contributed by atoms with van der Waals surface area (Å²) in [7, 11) is 1.51. The summed E-state index contributed by atoms with van der Waals surface area (Å²) in [5.41, 5.74) is 6.50. The molecule has 0 radical (unpaired) electrons. The highest BCUT2D eigenvalue weighted by Gasteiger charge is 2.17. The Morgan fingerprint density at radius 1 is 1.32 bits per heavy atom. The number of benzene rings is 1. The number of methoxy groups -OCH3 is 1. The van der Waals surface area contributed by atoms with Crippen molar-refractivity contribution in [1.82, 2.24) is 0 Å². The van der Waals surface area contributed by atoms with Gasteiger partial charge in [0.15, 0.2) is 0 Å². The Kier molecular flexibility index (Phi) is 8.07. The maximum Gasteiger partial charge on any atom is 0.252 e. The fourth-order valence-electron chi connectivity index (χ4n) is 2.10. The number of hydrogen-bond acceptors (Lipinski definition) is 4. The molecule has 1 rings (SSSR count). The maximum atomic E-state index is 11.5. The fraction of sp³-hybridized carbons (Fsp3) is 0.471. The molecular weight excluding hydrogens is 282 g/mol. The van der Waals surface area contributed by atoms with Gasteiger partial charge in [0, 0.05) is 25.2 Å². The van der Waals surface area contributed by atoms with Gasteiger partial charge in [0.05, 0.1) is 19.3 Å². The summed E-state index contributed by atoms with van der Waals surface area (Å²) in [5.74, 6) is 0.603. The Hall–Kier alpha value is -2.01. The molecule has 1 aromatic rings. The van der Waals surface area contributed by atoms with Gasteiger partial charge in [-0.15, -0.1) is 6.58 Å². The maximum absolute atomic E-state index is 11.5. The highest BCUT2D eigenvalue weighted by atomic mass is 16.5. The zero-order valence-electron chi connectivity index (χ0n) is 13.4. The molecule has 0 fully saturated rings. The summed E-state index contributed by atoms with van der Waals surface area (Å²) in [6.45, 7) is 7.77. The summed E-state index contributed by atoms with van der Waals surface area (Å²) in [6, 6.07) is 3.37. The molecule has 0 atom stereocenters. The van der Waals surface area contributed by atoms with Crippen LogP contribution < -0.4 is 15.2 Å². The van der Waals surface area contributed by atoms with Crippen LogP contribution >= 0.6 is 0 Å². The molecule has 0 aromatic heterocycles. The molecule has 5 nitrogen and oxygen atoms in total. The first-order chi connectivity index (χ1) is 10.7. The van der Waals surface area contributed by atoms with Crippen LogP contribution in [0.1, 0.15) is 35.7 Å². The second kappa shape index (κ2) is 9.84. The Morgan fingerprint density at radius 3 is 2.68 bits per heavy atom. The lowest BCUT2D eigenvalue weighted by atomic mass is 10.0. The minimum atomic E-state index is -0.526. The average Bonchev–Trinajstić information content (AvgIpc) is 2.51. The molecule has 0 heterocycles. The molecular formula is C17H25NO4. The van der Waals surface area contributed by atoms with E-state index in [1.807, 2.05) is 0 Å². The molecule has 22 heavy (non-hydrogen) atoms. The Balaban J connectivity index is 2.81. The minimum absolute atomic E-state index is 0.345. The third-order valence-corrected chi connectivity index (χ3v) is 3.07. The molecule has 122 valence electrons. The van der Waals surface area contributed by atoms with Crippen LogP contribution in [0.5, 0.6) is 11.5 Å². The first kappa shape index (κ1) is 18.0. The number of hydrogen-bond donors (Lipinski definition) is 1. The zero-order chi connectivity index (χ0) is 16.4. The Labute approximate surface area is 132 Å². The van der Waals surface area contributed by atoms with E-state index in [-0.39, 0.29) is 0 Å². The number of ether oxygens (including phenoxy) is 3. The van der Waals surface area contributed by atoms with Crippen molar-refractivity contribution < 1.29 is 19.0 Å². The van der Waals surface area contributed by atoms with Crippen molar-refractivity contribution >= 4 is 5.91 Å². The van der Waals surface area contributed by atoms with Gasteiger partial charge in [-0.3, -0.25) is 4.79 Å². The lowest BCUT2D eigenvalue weighted by Gasteiger charge is -2.16. The Morgan fingerprint density at radius 2 is 2.09 bits per heavy atom. The average molecular weight is 307 g/mol. The highest BCUT2D eigenvalue weighted by molar-refractivity contribution is 5.96. The predicted octanol–water partition coefficient (Wildman–Crippen LogP) is 2.72.